The third-order valence-corrected chi connectivity index (χ3v) is 2.33. The Morgan fingerprint density at radius 1 is 1.65 bits per heavy atom. The van der Waals surface area contributed by atoms with Crippen LogP contribution in [0.4, 0.5) is 11.7 Å². The fourth-order valence-corrected chi connectivity index (χ4v) is 1.56. The van der Waals surface area contributed by atoms with Crippen molar-refractivity contribution in [3.8, 4) is 0 Å². The molecule has 1 amide bonds. The van der Waals surface area contributed by atoms with Crippen LogP contribution in [0, 0.1) is 6.92 Å². The first-order valence-electron chi connectivity index (χ1n) is 5.29. The van der Waals surface area contributed by atoms with Crippen LogP contribution >= 0.6 is 0 Å². The summed E-state index contributed by atoms with van der Waals surface area (Å²) in [6.07, 6.45) is 3.19. The molecule has 2 aromatic rings. The van der Waals surface area contributed by atoms with Gasteiger partial charge in [0.2, 0.25) is 0 Å². The van der Waals surface area contributed by atoms with Gasteiger partial charge in [0.05, 0.1) is 11.4 Å². The van der Waals surface area contributed by atoms with Crippen molar-refractivity contribution in [1.82, 2.24) is 9.55 Å². The summed E-state index contributed by atoms with van der Waals surface area (Å²) in [5.74, 6) is -0.287. The van der Waals surface area contributed by atoms with Crippen molar-refractivity contribution in [3.63, 3.8) is 0 Å². The Morgan fingerprint density at radius 2 is 2.41 bits per heavy atom. The molecule has 0 radical (unpaired) electrons. The number of aromatic nitrogens is 2. The van der Waals surface area contributed by atoms with Gasteiger partial charge < -0.3 is 14.7 Å². The molecule has 0 aromatic carbocycles. The number of amides is 1. The molecule has 0 aliphatic heterocycles. The summed E-state index contributed by atoms with van der Waals surface area (Å²) in [6, 6.07) is 1.81. The molecule has 2 rings (SSSR count). The zero-order chi connectivity index (χ0) is 12.4. The van der Waals surface area contributed by atoms with Crippen LogP contribution in [0.2, 0.25) is 0 Å². The molecule has 0 spiro atoms. The van der Waals surface area contributed by atoms with Crippen LogP contribution in [0.15, 0.2) is 22.9 Å². The van der Waals surface area contributed by atoms with Crippen LogP contribution in [0.5, 0.6) is 0 Å². The minimum atomic E-state index is -0.287. The SMILES string of the molecule is CCn1cc(N)cc1C(=O)Nc1nc(C)co1. The Kier molecular flexibility index (Phi) is 2.86. The monoisotopic (exact) mass is 234 g/mol. The Balaban J connectivity index is 2.19. The van der Waals surface area contributed by atoms with Gasteiger partial charge in [-0.25, -0.2) is 0 Å². The van der Waals surface area contributed by atoms with Crippen molar-refractivity contribution in [2.75, 3.05) is 11.1 Å². The molecule has 2 heterocycles. The fraction of sp³-hybridized carbons (Fsp3) is 0.273. The highest BCUT2D eigenvalue weighted by atomic mass is 16.4. The predicted octanol–water partition coefficient (Wildman–Crippen LogP) is 1.64. The van der Waals surface area contributed by atoms with E-state index >= 15 is 0 Å². The molecule has 0 saturated heterocycles. The van der Waals surface area contributed by atoms with Gasteiger partial charge in [0.25, 0.3) is 5.91 Å². The van der Waals surface area contributed by atoms with Gasteiger partial charge in [-0.2, -0.15) is 4.98 Å². The summed E-state index contributed by atoms with van der Waals surface area (Å²) >= 11 is 0. The molecule has 0 atom stereocenters. The number of nitrogens with two attached hydrogens (primary N) is 1. The van der Waals surface area contributed by atoms with Crippen LogP contribution in [-0.2, 0) is 6.54 Å². The van der Waals surface area contributed by atoms with Crippen molar-refractivity contribution in [1.29, 1.82) is 0 Å². The van der Waals surface area contributed by atoms with Crippen molar-refractivity contribution in [2.45, 2.75) is 20.4 Å². The lowest BCUT2D eigenvalue weighted by atomic mass is 10.4. The number of oxazole rings is 1. The lowest BCUT2D eigenvalue weighted by Crippen LogP contribution is -2.16. The number of hydrogen-bond donors (Lipinski definition) is 2. The zero-order valence-corrected chi connectivity index (χ0v) is 9.73. The Bertz CT molecular complexity index is 541. The average Bonchev–Trinajstić information content (AvgIpc) is 2.84. The molecule has 0 fully saturated rings. The van der Waals surface area contributed by atoms with Crippen molar-refractivity contribution in [3.05, 3.63) is 29.9 Å². The van der Waals surface area contributed by atoms with E-state index in [9.17, 15) is 4.79 Å². The highest BCUT2D eigenvalue weighted by molar-refractivity contribution is 6.02. The number of anilines is 2. The number of hydrogen-bond acceptors (Lipinski definition) is 4. The van der Waals surface area contributed by atoms with Gasteiger partial charge in [-0.3, -0.25) is 10.1 Å². The molecular weight excluding hydrogens is 220 g/mol. The maximum absolute atomic E-state index is 11.9. The van der Waals surface area contributed by atoms with Crippen LogP contribution in [-0.4, -0.2) is 15.5 Å². The standard InChI is InChI=1S/C11H14N4O2/c1-3-15-5-8(12)4-9(15)10(16)14-11-13-7(2)6-17-11/h4-6H,3,12H2,1-2H3,(H,13,14,16). The number of carbonyl (C=O) groups is 1. The second-order valence-electron chi connectivity index (χ2n) is 3.69. The number of nitrogens with zero attached hydrogens (tertiary/aromatic N) is 2. The summed E-state index contributed by atoms with van der Waals surface area (Å²) in [6.45, 7) is 4.39. The van der Waals surface area contributed by atoms with Crippen molar-refractivity contribution >= 4 is 17.6 Å². The molecule has 6 heteroatoms. The quantitative estimate of drug-likeness (QED) is 0.845. The first-order chi connectivity index (χ1) is 8.10. The van der Waals surface area contributed by atoms with Crippen molar-refractivity contribution in [2.24, 2.45) is 0 Å². The van der Waals surface area contributed by atoms with E-state index in [1.165, 1.54) is 6.26 Å². The van der Waals surface area contributed by atoms with Gasteiger partial charge in [-0.1, -0.05) is 0 Å². The van der Waals surface area contributed by atoms with Gasteiger partial charge in [0.15, 0.2) is 0 Å². The van der Waals surface area contributed by atoms with E-state index in [-0.39, 0.29) is 11.9 Å². The second kappa shape index (κ2) is 4.32. The van der Waals surface area contributed by atoms with Gasteiger partial charge >= 0.3 is 6.01 Å². The molecule has 0 unspecified atom stereocenters. The van der Waals surface area contributed by atoms with Crippen LogP contribution in [0.3, 0.4) is 0 Å². The lowest BCUT2D eigenvalue weighted by molar-refractivity contribution is 0.101. The smallest absolute Gasteiger partial charge is 0.301 e. The average molecular weight is 234 g/mol. The summed E-state index contributed by atoms with van der Waals surface area (Å²) < 4.78 is 6.82. The third-order valence-electron chi connectivity index (χ3n) is 2.33. The normalized spacial score (nSPS) is 10.5. The van der Waals surface area contributed by atoms with Gasteiger partial charge in [-0.05, 0) is 19.9 Å². The first-order valence-corrected chi connectivity index (χ1v) is 5.29. The Morgan fingerprint density at radius 3 is 3.00 bits per heavy atom. The highest BCUT2D eigenvalue weighted by Crippen LogP contribution is 2.13. The van der Waals surface area contributed by atoms with E-state index in [0.29, 0.717) is 23.6 Å². The maximum atomic E-state index is 11.9. The van der Waals surface area contributed by atoms with Gasteiger partial charge in [0.1, 0.15) is 12.0 Å². The van der Waals surface area contributed by atoms with Crippen LogP contribution in [0.1, 0.15) is 23.1 Å². The van der Waals surface area contributed by atoms with E-state index in [4.69, 9.17) is 10.2 Å². The van der Waals surface area contributed by atoms with Crippen LogP contribution < -0.4 is 11.1 Å². The first kappa shape index (κ1) is 11.3. The minimum absolute atomic E-state index is 0.190. The molecule has 6 nitrogen and oxygen atoms in total. The molecule has 0 bridgehead atoms. The van der Waals surface area contributed by atoms with E-state index < -0.39 is 0 Å². The summed E-state index contributed by atoms with van der Waals surface area (Å²) in [5, 5.41) is 2.57. The number of rotatable bonds is 3. The zero-order valence-electron chi connectivity index (χ0n) is 9.73. The second-order valence-corrected chi connectivity index (χ2v) is 3.69. The Labute approximate surface area is 98.4 Å². The van der Waals surface area contributed by atoms with Gasteiger partial charge in [-0.15, -0.1) is 0 Å². The molecule has 0 saturated carbocycles. The molecular formula is C11H14N4O2. The van der Waals surface area contributed by atoms with E-state index in [2.05, 4.69) is 10.3 Å². The lowest BCUT2D eigenvalue weighted by Gasteiger charge is -2.04. The largest absolute Gasteiger partial charge is 0.432 e. The summed E-state index contributed by atoms with van der Waals surface area (Å²) in [5.41, 5.74) is 7.41. The maximum Gasteiger partial charge on any atom is 0.301 e. The fourth-order valence-electron chi connectivity index (χ4n) is 1.56. The van der Waals surface area contributed by atoms with Crippen LogP contribution in [0.25, 0.3) is 0 Å². The van der Waals surface area contributed by atoms with Crippen molar-refractivity contribution < 1.29 is 9.21 Å². The molecule has 17 heavy (non-hydrogen) atoms. The number of nitrogens with one attached hydrogen (secondary N) is 1. The van der Waals surface area contributed by atoms with Gasteiger partial charge in [0, 0.05) is 12.7 Å². The molecule has 0 aliphatic carbocycles. The predicted molar refractivity (Wildman–Crippen MR) is 63.7 cm³/mol. The van der Waals surface area contributed by atoms with E-state index in [1.807, 2.05) is 6.92 Å². The van der Waals surface area contributed by atoms with E-state index in [0.717, 1.165) is 0 Å². The molecule has 0 aliphatic rings. The molecule has 3 N–H and O–H groups in total. The Hall–Kier alpha value is -2.24. The highest BCUT2D eigenvalue weighted by Gasteiger charge is 2.14. The topological polar surface area (TPSA) is 86.1 Å². The molecule has 90 valence electrons. The summed E-state index contributed by atoms with van der Waals surface area (Å²) in [4.78, 5) is 15.9. The summed E-state index contributed by atoms with van der Waals surface area (Å²) in [7, 11) is 0. The van der Waals surface area contributed by atoms with E-state index in [1.54, 1.807) is 23.8 Å². The number of aryl methyl sites for hydroxylation is 2. The number of nitrogen functional groups attached to an aromatic ring is 1. The molecule has 2 aromatic heterocycles. The third kappa shape index (κ3) is 2.30. The number of carbonyl (C=O) groups excluding carboxylic acids is 1. The minimum Gasteiger partial charge on any atom is -0.432 e.